The van der Waals surface area contributed by atoms with Crippen molar-refractivity contribution in [1.29, 1.82) is 0 Å². The summed E-state index contributed by atoms with van der Waals surface area (Å²) in [6.07, 6.45) is 0. The fourth-order valence-electron chi connectivity index (χ4n) is 2.13. The third-order valence-electron chi connectivity index (χ3n) is 2.99. The first kappa shape index (κ1) is 13.7. The van der Waals surface area contributed by atoms with Gasteiger partial charge in [0.2, 0.25) is 0 Å². The van der Waals surface area contributed by atoms with Crippen LogP contribution < -0.4 is 5.32 Å². The van der Waals surface area contributed by atoms with E-state index >= 15 is 0 Å². The first-order valence-electron chi connectivity index (χ1n) is 6.08. The maximum Gasteiger partial charge on any atom is 0.106 e. The summed E-state index contributed by atoms with van der Waals surface area (Å²) < 4.78 is 5.63. The molecular weight excluding hydrogens is 266 g/mol. The van der Waals surface area contributed by atoms with Crippen LogP contribution in [-0.4, -0.2) is 6.54 Å². The highest BCUT2D eigenvalue weighted by Crippen LogP contribution is 2.37. The summed E-state index contributed by atoms with van der Waals surface area (Å²) >= 11 is 8.09. The highest BCUT2D eigenvalue weighted by atomic mass is 35.5. The van der Waals surface area contributed by atoms with E-state index in [0.29, 0.717) is 0 Å². The molecule has 0 aliphatic heterocycles. The van der Waals surface area contributed by atoms with Gasteiger partial charge in [0.1, 0.15) is 11.5 Å². The van der Waals surface area contributed by atoms with Gasteiger partial charge in [0, 0.05) is 10.4 Å². The molecule has 2 heterocycles. The maximum atomic E-state index is 6.39. The number of hydrogen-bond donors (Lipinski definition) is 1. The molecule has 2 aromatic rings. The van der Waals surface area contributed by atoms with Gasteiger partial charge in [-0.1, -0.05) is 18.5 Å². The Hall–Kier alpha value is -0.770. The van der Waals surface area contributed by atoms with E-state index in [1.54, 1.807) is 11.3 Å². The third kappa shape index (κ3) is 2.48. The summed E-state index contributed by atoms with van der Waals surface area (Å²) in [6.45, 7) is 9.01. The first-order chi connectivity index (χ1) is 8.54. The van der Waals surface area contributed by atoms with Crippen LogP contribution in [0.15, 0.2) is 15.9 Å². The third-order valence-corrected chi connectivity index (χ3v) is 4.76. The highest BCUT2D eigenvalue weighted by molar-refractivity contribution is 7.10. The van der Waals surface area contributed by atoms with Gasteiger partial charge in [0.15, 0.2) is 0 Å². The molecular formula is C14H18ClNOS. The molecule has 18 heavy (non-hydrogen) atoms. The van der Waals surface area contributed by atoms with Crippen molar-refractivity contribution in [2.24, 2.45) is 0 Å². The second-order valence-corrected chi connectivity index (χ2v) is 5.75. The molecule has 0 amide bonds. The molecule has 0 saturated carbocycles. The van der Waals surface area contributed by atoms with Gasteiger partial charge in [-0.05, 0) is 44.3 Å². The number of hydrogen-bond acceptors (Lipinski definition) is 3. The zero-order valence-corrected chi connectivity index (χ0v) is 12.7. The van der Waals surface area contributed by atoms with Gasteiger partial charge in [-0.15, -0.1) is 11.3 Å². The van der Waals surface area contributed by atoms with Gasteiger partial charge in [-0.25, -0.2) is 0 Å². The molecule has 4 heteroatoms. The summed E-state index contributed by atoms with van der Waals surface area (Å²) in [7, 11) is 0. The minimum Gasteiger partial charge on any atom is -0.466 e. The van der Waals surface area contributed by atoms with E-state index in [1.807, 2.05) is 20.8 Å². The standard InChI is InChI=1S/C14H18ClNOS/c1-5-16-13(11-6-9(3)17-10(11)4)14-12(15)8(2)7-18-14/h6-7,13,16H,5H2,1-4H3. The molecule has 2 rings (SSSR count). The molecule has 2 aromatic heterocycles. The van der Waals surface area contributed by atoms with Crippen molar-refractivity contribution in [3.8, 4) is 0 Å². The predicted octanol–water partition coefficient (Wildman–Crippen LogP) is 4.62. The zero-order valence-electron chi connectivity index (χ0n) is 11.1. The monoisotopic (exact) mass is 283 g/mol. The maximum absolute atomic E-state index is 6.39. The van der Waals surface area contributed by atoms with E-state index in [4.69, 9.17) is 16.0 Å². The van der Waals surface area contributed by atoms with Crippen LogP contribution >= 0.6 is 22.9 Å². The quantitative estimate of drug-likeness (QED) is 0.886. The smallest absolute Gasteiger partial charge is 0.106 e. The largest absolute Gasteiger partial charge is 0.466 e. The van der Waals surface area contributed by atoms with Crippen LogP contribution in [0.5, 0.6) is 0 Å². The van der Waals surface area contributed by atoms with Crippen LogP contribution in [0.3, 0.4) is 0 Å². The van der Waals surface area contributed by atoms with Crippen molar-refractivity contribution in [1.82, 2.24) is 5.32 Å². The topological polar surface area (TPSA) is 25.2 Å². The van der Waals surface area contributed by atoms with Gasteiger partial charge >= 0.3 is 0 Å². The van der Waals surface area contributed by atoms with Gasteiger partial charge in [-0.3, -0.25) is 0 Å². The van der Waals surface area contributed by atoms with Gasteiger partial charge in [-0.2, -0.15) is 0 Å². The van der Waals surface area contributed by atoms with Crippen LogP contribution in [0.2, 0.25) is 5.02 Å². The van der Waals surface area contributed by atoms with Gasteiger partial charge in [0.05, 0.1) is 11.1 Å². The molecule has 0 saturated heterocycles. The predicted molar refractivity (Wildman–Crippen MR) is 77.8 cm³/mol. The van der Waals surface area contributed by atoms with Crippen LogP contribution in [-0.2, 0) is 0 Å². The molecule has 98 valence electrons. The molecule has 2 nitrogen and oxygen atoms in total. The molecule has 0 spiro atoms. The Labute approximate surface area is 117 Å². The number of nitrogens with one attached hydrogen (secondary N) is 1. The lowest BCUT2D eigenvalue weighted by Gasteiger charge is -2.16. The molecule has 0 aliphatic rings. The fraction of sp³-hybridized carbons (Fsp3) is 0.429. The Morgan fingerprint density at radius 2 is 2.11 bits per heavy atom. The number of furan rings is 1. The van der Waals surface area contributed by atoms with E-state index in [9.17, 15) is 0 Å². The van der Waals surface area contributed by atoms with E-state index < -0.39 is 0 Å². The molecule has 0 radical (unpaired) electrons. The second kappa shape index (κ2) is 5.47. The number of halogens is 1. The average molecular weight is 284 g/mol. The molecule has 1 N–H and O–H groups in total. The number of thiophene rings is 1. The Morgan fingerprint density at radius 1 is 1.39 bits per heavy atom. The summed E-state index contributed by atoms with van der Waals surface area (Å²) in [4.78, 5) is 1.17. The lowest BCUT2D eigenvalue weighted by atomic mass is 10.1. The lowest BCUT2D eigenvalue weighted by molar-refractivity contribution is 0.495. The average Bonchev–Trinajstić information content (AvgIpc) is 2.81. The Balaban J connectivity index is 2.46. The van der Waals surface area contributed by atoms with Crippen molar-refractivity contribution < 1.29 is 4.42 Å². The number of aryl methyl sites for hydroxylation is 3. The van der Waals surface area contributed by atoms with E-state index in [2.05, 4.69) is 23.7 Å². The Kier molecular flexibility index (Phi) is 4.15. The minimum atomic E-state index is 0.124. The second-order valence-electron chi connectivity index (χ2n) is 4.46. The summed E-state index contributed by atoms with van der Waals surface area (Å²) in [5, 5.41) is 6.46. The summed E-state index contributed by atoms with van der Waals surface area (Å²) in [5.41, 5.74) is 2.32. The molecule has 0 fully saturated rings. The van der Waals surface area contributed by atoms with E-state index in [0.717, 1.165) is 28.7 Å². The van der Waals surface area contributed by atoms with Crippen LogP contribution in [0, 0.1) is 20.8 Å². The SMILES string of the molecule is CCNC(c1cc(C)oc1C)c1scc(C)c1Cl. The number of rotatable bonds is 4. The molecule has 0 bridgehead atoms. The van der Waals surface area contributed by atoms with Gasteiger partial charge in [0.25, 0.3) is 0 Å². The van der Waals surface area contributed by atoms with Crippen LogP contribution in [0.4, 0.5) is 0 Å². The minimum absolute atomic E-state index is 0.124. The summed E-state index contributed by atoms with van der Waals surface area (Å²) in [5.74, 6) is 1.90. The van der Waals surface area contributed by atoms with Gasteiger partial charge < -0.3 is 9.73 Å². The highest BCUT2D eigenvalue weighted by Gasteiger charge is 2.22. The van der Waals surface area contributed by atoms with Crippen LogP contribution in [0.25, 0.3) is 0 Å². The zero-order chi connectivity index (χ0) is 13.3. The van der Waals surface area contributed by atoms with Crippen molar-refractivity contribution >= 4 is 22.9 Å². The fourth-order valence-corrected chi connectivity index (χ4v) is 3.52. The van der Waals surface area contributed by atoms with Crippen molar-refractivity contribution in [2.45, 2.75) is 33.7 Å². The molecule has 1 atom stereocenters. The first-order valence-corrected chi connectivity index (χ1v) is 7.34. The molecule has 1 unspecified atom stereocenters. The lowest BCUT2D eigenvalue weighted by Crippen LogP contribution is -2.21. The van der Waals surface area contributed by atoms with E-state index in [1.165, 1.54) is 10.4 Å². The Bertz CT molecular complexity index is 542. The summed E-state index contributed by atoms with van der Waals surface area (Å²) in [6, 6.07) is 2.22. The van der Waals surface area contributed by atoms with Crippen molar-refractivity contribution in [3.05, 3.63) is 44.0 Å². The van der Waals surface area contributed by atoms with Crippen molar-refractivity contribution in [3.63, 3.8) is 0 Å². The van der Waals surface area contributed by atoms with Crippen LogP contribution in [0.1, 0.15) is 40.5 Å². The Morgan fingerprint density at radius 3 is 2.56 bits per heavy atom. The van der Waals surface area contributed by atoms with E-state index in [-0.39, 0.29) is 6.04 Å². The molecule has 0 aromatic carbocycles. The van der Waals surface area contributed by atoms with Crippen molar-refractivity contribution in [2.75, 3.05) is 6.54 Å². The molecule has 0 aliphatic carbocycles. The normalized spacial score (nSPS) is 12.9.